The molecule has 1 aromatic heterocycles. The summed E-state index contributed by atoms with van der Waals surface area (Å²) >= 11 is 1.68. The minimum Gasteiger partial charge on any atom is -0.393 e. The van der Waals surface area contributed by atoms with Crippen molar-refractivity contribution in [2.75, 3.05) is 6.54 Å². The Balaban J connectivity index is 1.69. The Morgan fingerprint density at radius 1 is 1.21 bits per heavy atom. The fraction of sp³-hybridized carbons (Fsp3) is 0.800. The molecule has 0 radical (unpaired) electrons. The first-order valence-electron chi connectivity index (χ1n) is 7.64. The molecule has 2 fully saturated rings. The molecular weight excluding hydrogens is 256 g/mol. The molecule has 3 unspecified atom stereocenters. The second-order valence-corrected chi connectivity index (χ2v) is 6.75. The van der Waals surface area contributed by atoms with E-state index in [1.54, 1.807) is 11.3 Å². The quantitative estimate of drug-likeness (QED) is 0.924. The van der Waals surface area contributed by atoms with Crippen molar-refractivity contribution >= 4 is 11.3 Å². The van der Waals surface area contributed by atoms with Gasteiger partial charge < -0.3 is 5.11 Å². The largest absolute Gasteiger partial charge is 0.393 e. The molecule has 2 heterocycles. The summed E-state index contributed by atoms with van der Waals surface area (Å²) < 4.78 is 0. The van der Waals surface area contributed by atoms with Gasteiger partial charge in [0, 0.05) is 23.9 Å². The first-order valence-corrected chi connectivity index (χ1v) is 8.58. The maximum absolute atomic E-state index is 10.3. The van der Waals surface area contributed by atoms with Crippen LogP contribution in [-0.4, -0.2) is 33.7 Å². The first-order chi connectivity index (χ1) is 9.34. The first kappa shape index (κ1) is 13.5. The summed E-state index contributed by atoms with van der Waals surface area (Å²) in [6, 6.07) is 0.575. The topological polar surface area (TPSA) is 36.4 Å². The van der Waals surface area contributed by atoms with Crippen LogP contribution in [0.5, 0.6) is 0 Å². The molecule has 1 aliphatic carbocycles. The van der Waals surface area contributed by atoms with Gasteiger partial charge in [-0.15, -0.1) is 11.3 Å². The van der Waals surface area contributed by atoms with Gasteiger partial charge >= 0.3 is 0 Å². The second kappa shape index (κ2) is 6.33. The minimum atomic E-state index is -0.0743. The Hall–Kier alpha value is -0.450. The highest BCUT2D eigenvalue weighted by Crippen LogP contribution is 2.34. The van der Waals surface area contributed by atoms with Crippen LogP contribution in [0.1, 0.15) is 50.6 Å². The maximum atomic E-state index is 10.3. The summed E-state index contributed by atoms with van der Waals surface area (Å²) in [5.74, 6) is 0.493. The van der Waals surface area contributed by atoms with Crippen LogP contribution < -0.4 is 0 Å². The monoisotopic (exact) mass is 280 g/mol. The van der Waals surface area contributed by atoms with Crippen LogP contribution >= 0.6 is 11.3 Å². The normalized spacial score (nSPS) is 33.4. The van der Waals surface area contributed by atoms with E-state index in [0.29, 0.717) is 12.0 Å². The highest BCUT2D eigenvalue weighted by atomic mass is 32.1. The standard InChI is InChI=1S/C15H24N2OS/c18-15-7-2-1-5-13(15)14-6-3-4-8-17(14)9-12-10-19-11-16-12/h10-11,13-15,18H,1-9H2. The molecule has 1 saturated heterocycles. The molecule has 3 nitrogen and oxygen atoms in total. The van der Waals surface area contributed by atoms with Gasteiger partial charge in [-0.3, -0.25) is 4.90 Å². The molecule has 1 aliphatic heterocycles. The molecule has 4 heteroatoms. The van der Waals surface area contributed by atoms with E-state index in [-0.39, 0.29) is 6.10 Å². The lowest BCUT2D eigenvalue weighted by atomic mass is 9.78. The molecule has 19 heavy (non-hydrogen) atoms. The van der Waals surface area contributed by atoms with Gasteiger partial charge in [-0.05, 0) is 32.2 Å². The molecule has 3 atom stereocenters. The fourth-order valence-electron chi connectivity index (χ4n) is 3.81. The molecule has 3 rings (SSSR count). The average Bonchev–Trinajstić information content (AvgIpc) is 2.93. The van der Waals surface area contributed by atoms with Crippen LogP contribution in [0.3, 0.4) is 0 Å². The number of thiazole rings is 1. The van der Waals surface area contributed by atoms with E-state index in [4.69, 9.17) is 0 Å². The Morgan fingerprint density at radius 2 is 2.05 bits per heavy atom. The molecule has 106 valence electrons. The molecular formula is C15H24N2OS. The third kappa shape index (κ3) is 3.18. The third-order valence-corrected chi connectivity index (χ3v) is 5.42. The van der Waals surface area contributed by atoms with Crippen LogP contribution in [0.2, 0.25) is 0 Å². The van der Waals surface area contributed by atoms with E-state index in [0.717, 1.165) is 13.0 Å². The minimum absolute atomic E-state index is 0.0743. The van der Waals surface area contributed by atoms with Crippen molar-refractivity contribution < 1.29 is 5.11 Å². The Kier molecular flexibility index (Phi) is 4.51. The number of likely N-dealkylation sites (tertiary alicyclic amines) is 1. The summed E-state index contributed by atoms with van der Waals surface area (Å²) in [5.41, 5.74) is 3.12. The van der Waals surface area contributed by atoms with Crippen molar-refractivity contribution in [2.45, 2.75) is 63.6 Å². The van der Waals surface area contributed by atoms with Crippen molar-refractivity contribution in [3.05, 3.63) is 16.6 Å². The number of piperidine rings is 1. The number of rotatable bonds is 3. The van der Waals surface area contributed by atoms with Gasteiger partial charge in [0.15, 0.2) is 0 Å². The van der Waals surface area contributed by atoms with Gasteiger partial charge in [-0.25, -0.2) is 4.98 Å². The molecule has 0 bridgehead atoms. The van der Waals surface area contributed by atoms with E-state index < -0.39 is 0 Å². The van der Waals surface area contributed by atoms with Crippen molar-refractivity contribution in [1.82, 2.24) is 9.88 Å². The molecule has 1 saturated carbocycles. The lowest BCUT2D eigenvalue weighted by Crippen LogP contribution is -2.48. The molecule has 2 aliphatic rings. The summed E-state index contributed by atoms with van der Waals surface area (Å²) in [7, 11) is 0. The Morgan fingerprint density at radius 3 is 2.84 bits per heavy atom. The zero-order valence-corrected chi connectivity index (χ0v) is 12.3. The number of hydrogen-bond acceptors (Lipinski definition) is 4. The number of aliphatic hydroxyl groups excluding tert-OH is 1. The molecule has 0 spiro atoms. The smallest absolute Gasteiger partial charge is 0.0795 e. The summed E-state index contributed by atoms with van der Waals surface area (Å²) in [6.45, 7) is 2.14. The van der Waals surface area contributed by atoms with E-state index >= 15 is 0 Å². The highest BCUT2D eigenvalue weighted by molar-refractivity contribution is 7.07. The maximum Gasteiger partial charge on any atom is 0.0795 e. The number of aliphatic hydroxyl groups is 1. The zero-order valence-electron chi connectivity index (χ0n) is 11.5. The van der Waals surface area contributed by atoms with Crippen LogP contribution in [0.15, 0.2) is 10.9 Å². The third-order valence-electron chi connectivity index (χ3n) is 4.79. The van der Waals surface area contributed by atoms with Crippen LogP contribution in [0.25, 0.3) is 0 Å². The molecule has 1 N–H and O–H groups in total. The highest BCUT2D eigenvalue weighted by Gasteiger charge is 2.35. The van der Waals surface area contributed by atoms with E-state index in [2.05, 4.69) is 15.3 Å². The predicted molar refractivity (Wildman–Crippen MR) is 78.1 cm³/mol. The van der Waals surface area contributed by atoms with Gasteiger partial charge in [0.2, 0.25) is 0 Å². The Bertz CT molecular complexity index is 382. The van der Waals surface area contributed by atoms with Crippen molar-refractivity contribution in [2.24, 2.45) is 5.92 Å². The SMILES string of the molecule is OC1CCCCC1C1CCCCN1Cc1cscn1. The summed E-state index contributed by atoms with van der Waals surface area (Å²) in [5, 5.41) is 12.5. The lowest BCUT2D eigenvalue weighted by molar-refractivity contribution is -0.00896. The fourth-order valence-corrected chi connectivity index (χ4v) is 4.36. The van der Waals surface area contributed by atoms with Crippen LogP contribution in [-0.2, 0) is 6.54 Å². The predicted octanol–water partition coefficient (Wildman–Crippen LogP) is 3.05. The molecule has 0 amide bonds. The molecule has 1 aromatic rings. The average molecular weight is 280 g/mol. The van der Waals surface area contributed by atoms with Gasteiger partial charge in [0.05, 0.1) is 17.3 Å². The van der Waals surface area contributed by atoms with Crippen molar-refractivity contribution in [3.63, 3.8) is 0 Å². The van der Waals surface area contributed by atoms with E-state index in [1.165, 1.54) is 50.8 Å². The van der Waals surface area contributed by atoms with Gasteiger partial charge in [-0.1, -0.05) is 19.3 Å². The zero-order chi connectivity index (χ0) is 13.1. The number of aromatic nitrogens is 1. The van der Waals surface area contributed by atoms with Gasteiger partial charge in [0.25, 0.3) is 0 Å². The van der Waals surface area contributed by atoms with E-state index in [9.17, 15) is 5.11 Å². The second-order valence-electron chi connectivity index (χ2n) is 6.03. The van der Waals surface area contributed by atoms with Crippen LogP contribution in [0.4, 0.5) is 0 Å². The number of hydrogen-bond donors (Lipinski definition) is 1. The summed E-state index contributed by atoms with van der Waals surface area (Å²) in [6.07, 6.45) is 8.51. The van der Waals surface area contributed by atoms with Gasteiger partial charge in [0.1, 0.15) is 0 Å². The lowest BCUT2D eigenvalue weighted by Gasteiger charge is -2.43. The van der Waals surface area contributed by atoms with Crippen molar-refractivity contribution in [3.8, 4) is 0 Å². The van der Waals surface area contributed by atoms with Gasteiger partial charge in [-0.2, -0.15) is 0 Å². The molecule has 0 aromatic carbocycles. The number of nitrogens with zero attached hydrogens (tertiary/aromatic N) is 2. The van der Waals surface area contributed by atoms with Crippen LogP contribution in [0, 0.1) is 5.92 Å². The summed E-state index contributed by atoms with van der Waals surface area (Å²) in [4.78, 5) is 7.00. The van der Waals surface area contributed by atoms with Crippen molar-refractivity contribution in [1.29, 1.82) is 0 Å². The van der Waals surface area contributed by atoms with E-state index in [1.807, 2.05) is 5.51 Å². The Labute approximate surface area is 119 Å².